The molecule has 0 heterocycles. The van der Waals surface area contributed by atoms with Gasteiger partial charge in [-0.2, -0.15) is 4.31 Å². The van der Waals surface area contributed by atoms with E-state index < -0.39 is 10.0 Å². The third-order valence-electron chi connectivity index (χ3n) is 3.73. The van der Waals surface area contributed by atoms with E-state index in [2.05, 4.69) is 6.58 Å². The fourth-order valence-corrected chi connectivity index (χ4v) is 3.71. The third kappa shape index (κ3) is 4.56. The van der Waals surface area contributed by atoms with Crippen molar-refractivity contribution in [2.24, 2.45) is 0 Å². The van der Waals surface area contributed by atoms with Gasteiger partial charge in [-0.3, -0.25) is 0 Å². The summed E-state index contributed by atoms with van der Waals surface area (Å²) in [5, 5.41) is 0. The van der Waals surface area contributed by atoms with Crippen LogP contribution in [0.1, 0.15) is 5.56 Å². The Morgan fingerprint density at radius 3 is 2.50 bits per heavy atom. The summed E-state index contributed by atoms with van der Waals surface area (Å²) < 4.78 is 43.1. The largest absolute Gasteiger partial charge is 0.497 e. The smallest absolute Gasteiger partial charge is 0.246 e. The number of hydrogen-bond acceptors (Lipinski definition) is 5. The predicted octanol–water partition coefficient (Wildman–Crippen LogP) is 3.09. The van der Waals surface area contributed by atoms with Gasteiger partial charge in [-0.05, 0) is 29.8 Å². The van der Waals surface area contributed by atoms with Crippen molar-refractivity contribution in [1.29, 1.82) is 0 Å². The number of sulfonamides is 1. The molecule has 0 aliphatic heterocycles. The van der Waals surface area contributed by atoms with Crippen molar-refractivity contribution in [3.8, 4) is 17.2 Å². The summed E-state index contributed by atoms with van der Waals surface area (Å²) in [5.41, 5.74) is 0.805. The monoisotopic (exact) mass is 377 g/mol. The first-order valence-corrected chi connectivity index (χ1v) is 9.37. The number of rotatable bonds is 9. The van der Waals surface area contributed by atoms with Crippen LogP contribution >= 0.6 is 0 Å². The maximum atomic E-state index is 13.0. The fourth-order valence-electron chi connectivity index (χ4n) is 2.38. The van der Waals surface area contributed by atoms with E-state index in [0.29, 0.717) is 18.1 Å². The molecule has 2 aromatic carbocycles. The molecule has 0 amide bonds. The van der Waals surface area contributed by atoms with Gasteiger partial charge in [0.25, 0.3) is 0 Å². The summed E-state index contributed by atoms with van der Waals surface area (Å²) in [6.45, 7) is 4.18. The van der Waals surface area contributed by atoms with Crippen molar-refractivity contribution in [3.63, 3.8) is 0 Å². The molecule has 0 N–H and O–H groups in total. The normalized spacial score (nSPS) is 11.2. The van der Waals surface area contributed by atoms with Crippen LogP contribution in [0.4, 0.5) is 0 Å². The minimum absolute atomic E-state index is 0.0564. The minimum atomic E-state index is -3.77. The Hall–Kier alpha value is -2.51. The van der Waals surface area contributed by atoms with Gasteiger partial charge in [-0.1, -0.05) is 24.8 Å². The first-order chi connectivity index (χ1) is 12.4. The second-order valence-electron chi connectivity index (χ2n) is 5.52. The predicted molar refractivity (Wildman–Crippen MR) is 100 cm³/mol. The molecule has 2 aromatic rings. The van der Waals surface area contributed by atoms with Crippen molar-refractivity contribution in [2.45, 2.75) is 11.4 Å². The van der Waals surface area contributed by atoms with Crippen molar-refractivity contribution < 1.29 is 22.6 Å². The number of methoxy groups -OCH3 is 2. The molecule has 140 valence electrons. The van der Waals surface area contributed by atoms with E-state index >= 15 is 0 Å². The fraction of sp³-hybridized carbons (Fsp3) is 0.263. The molecule has 0 saturated carbocycles. The molecule has 0 bridgehead atoms. The first-order valence-electron chi connectivity index (χ1n) is 7.93. The first kappa shape index (κ1) is 19.8. The molecule has 0 fully saturated rings. The zero-order valence-corrected chi connectivity index (χ0v) is 16.0. The summed E-state index contributed by atoms with van der Waals surface area (Å²) in [7, 11) is 0.663. The van der Waals surface area contributed by atoms with Crippen LogP contribution in [0.25, 0.3) is 0 Å². The lowest BCUT2D eigenvalue weighted by Gasteiger charge is -2.19. The summed E-state index contributed by atoms with van der Waals surface area (Å²) in [6, 6.07) is 12.0. The number of hydrogen-bond donors (Lipinski definition) is 0. The Kier molecular flexibility index (Phi) is 6.65. The average Bonchev–Trinajstić information content (AvgIpc) is 2.66. The maximum absolute atomic E-state index is 13.0. The lowest BCUT2D eigenvalue weighted by atomic mass is 10.2. The van der Waals surface area contributed by atoms with Crippen LogP contribution in [0.3, 0.4) is 0 Å². The molecule has 0 saturated heterocycles. The molecule has 0 aliphatic carbocycles. The Morgan fingerprint density at radius 1 is 1.08 bits per heavy atom. The average molecular weight is 377 g/mol. The van der Waals surface area contributed by atoms with Crippen LogP contribution in [0.15, 0.2) is 60.0 Å². The zero-order chi connectivity index (χ0) is 19.2. The number of nitrogens with zero attached hydrogens (tertiary/aromatic N) is 1. The third-order valence-corrected chi connectivity index (χ3v) is 5.56. The van der Waals surface area contributed by atoms with Crippen LogP contribution < -0.4 is 14.2 Å². The van der Waals surface area contributed by atoms with Crippen LogP contribution in [0, 0.1) is 0 Å². The molecule has 2 rings (SSSR count). The Balaban J connectivity index is 2.28. The number of ether oxygens (including phenoxy) is 3. The summed E-state index contributed by atoms with van der Waals surface area (Å²) in [6.07, 6.45) is 1.65. The molecule has 0 radical (unpaired) electrons. The molecule has 0 aromatic heterocycles. The van der Waals surface area contributed by atoms with Crippen LogP contribution in [-0.2, 0) is 16.6 Å². The van der Waals surface area contributed by atoms with E-state index in [1.54, 1.807) is 24.3 Å². The highest BCUT2D eigenvalue weighted by molar-refractivity contribution is 7.89. The van der Waals surface area contributed by atoms with E-state index in [0.717, 1.165) is 5.56 Å². The van der Waals surface area contributed by atoms with Gasteiger partial charge in [0.15, 0.2) is 0 Å². The standard InChI is InChI=1S/C19H23NO5S/c1-5-11-25-17-8-6-7-15(12-17)14-20(2)26(21,22)19-13-16(23-3)9-10-18(19)24-4/h5-10,12-13H,1,11,14H2,2-4H3. The van der Waals surface area contributed by atoms with Gasteiger partial charge in [-0.15, -0.1) is 0 Å². The van der Waals surface area contributed by atoms with Gasteiger partial charge in [-0.25, -0.2) is 8.42 Å². The molecule has 6 nitrogen and oxygen atoms in total. The highest BCUT2D eigenvalue weighted by atomic mass is 32.2. The van der Waals surface area contributed by atoms with Crippen molar-refractivity contribution in [2.75, 3.05) is 27.9 Å². The Labute approximate surface area is 154 Å². The SMILES string of the molecule is C=CCOc1cccc(CN(C)S(=O)(=O)c2cc(OC)ccc2OC)c1. The Morgan fingerprint density at radius 2 is 1.85 bits per heavy atom. The van der Waals surface area contributed by atoms with Crippen molar-refractivity contribution in [3.05, 3.63) is 60.7 Å². The van der Waals surface area contributed by atoms with E-state index in [9.17, 15) is 8.42 Å². The van der Waals surface area contributed by atoms with E-state index in [1.807, 2.05) is 18.2 Å². The van der Waals surface area contributed by atoms with Gasteiger partial charge < -0.3 is 14.2 Å². The van der Waals surface area contributed by atoms with Crippen molar-refractivity contribution in [1.82, 2.24) is 4.31 Å². The second kappa shape index (κ2) is 8.73. The highest BCUT2D eigenvalue weighted by Gasteiger charge is 2.25. The van der Waals surface area contributed by atoms with E-state index in [-0.39, 0.29) is 17.2 Å². The molecule has 7 heteroatoms. The lowest BCUT2D eigenvalue weighted by molar-refractivity contribution is 0.362. The molecule has 0 spiro atoms. The van der Waals surface area contributed by atoms with Gasteiger partial charge in [0.2, 0.25) is 10.0 Å². The summed E-state index contributed by atoms with van der Waals surface area (Å²) >= 11 is 0. The lowest BCUT2D eigenvalue weighted by Crippen LogP contribution is -2.27. The highest BCUT2D eigenvalue weighted by Crippen LogP contribution is 2.30. The van der Waals surface area contributed by atoms with Crippen molar-refractivity contribution >= 4 is 10.0 Å². The summed E-state index contributed by atoms with van der Waals surface area (Å²) in [5.74, 6) is 1.37. The van der Waals surface area contributed by atoms with Crippen LogP contribution in [-0.4, -0.2) is 40.6 Å². The zero-order valence-electron chi connectivity index (χ0n) is 15.1. The van der Waals surface area contributed by atoms with E-state index in [1.165, 1.54) is 31.6 Å². The van der Waals surface area contributed by atoms with Crippen LogP contribution in [0.2, 0.25) is 0 Å². The van der Waals surface area contributed by atoms with Crippen LogP contribution in [0.5, 0.6) is 17.2 Å². The quantitative estimate of drug-likeness (QED) is 0.629. The number of benzene rings is 2. The topological polar surface area (TPSA) is 65.1 Å². The molecular weight excluding hydrogens is 354 g/mol. The maximum Gasteiger partial charge on any atom is 0.246 e. The van der Waals surface area contributed by atoms with E-state index in [4.69, 9.17) is 14.2 Å². The van der Waals surface area contributed by atoms with Gasteiger partial charge in [0.05, 0.1) is 14.2 Å². The summed E-state index contributed by atoms with van der Waals surface area (Å²) in [4.78, 5) is 0.0564. The Bertz CT molecular complexity index is 864. The molecule has 0 unspecified atom stereocenters. The molecule has 0 atom stereocenters. The molecular formula is C19H23NO5S. The van der Waals surface area contributed by atoms with Gasteiger partial charge >= 0.3 is 0 Å². The molecule has 0 aliphatic rings. The van der Waals surface area contributed by atoms with Gasteiger partial charge in [0, 0.05) is 19.7 Å². The molecule has 26 heavy (non-hydrogen) atoms. The minimum Gasteiger partial charge on any atom is -0.497 e. The van der Waals surface area contributed by atoms with Gasteiger partial charge in [0.1, 0.15) is 28.8 Å². The second-order valence-corrected chi connectivity index (χ2v) is 7.54.